The second-order valence-corrected chi connectivity index (χ2v) is 8.48. The zero-order chi connectivity index (χ0) is 19.8. The van der Waals surface area contributed by atoms with Gasteiger partial charge in [-0.05, 0) is 49.6 Å². The third-order valence-electron chi connectivity index (χ3n) is 4.67. The highest BCUT2D eigenvalue weighted by atomic mass is 127. The molecule has 0 radical (unpaired) electrons. The Morgan fingerprint density at radius 2 is 1.83 bits per heavy atom. The predicted molar refractivity (Wildman–Crippen MR) is 132 cm³/mol. The van der Waals surface area contributed by atoms with Crippen LogP contribution in [0, 0.1) is 0 Å². The van der Waals surface area contributed by atoms with Gasteiger partial charge >= 0.3 is 0 Å². The Bertz CT molecular complexity index is 825. The van der Waals surface area contributed by atoms with Crippen molar-refractivity contribution >= 4 is 47.6 Å². The molecule has 1 amide bonds. The topological polar surface area (TPSA) is 65.5 Å². The molecule has 0 atom stereocenters. The number of nitrogens with one attached hydrogen (secondary N) is 3. The Hall–Kier alpha value is -1.74. The van der Waals surface area contributed by atoms with Gasteiger partial charge in [0, 0.05) is 41.9 Å². The number of hydrogen-bond donors (Lipinski definition) is 3. The minimum absolute atomic E-state index is 0. The molecule has 2 aromatic carbocycles. The zero-order valence-electron chi connectivity index (χ0n) is 16.9. The minimum Gasteiger partial charge on any atom is -0.355 e. The van der Waals surface area contributed by atoms with E-state index in [4.69, 9.17) is 0 Å². The van der Waals surface area contributed by atoms with Crippen molar-refractivity contribution in [3.63, 3.8) is 0 Å². The lowest BCUT2D eigenvalue weighted by molar-refractivity contribution is 0.0955. The van der Waals surface area contributed by atoms with E-state index in [0.29, 0.717) is 18.7 Å². The first-order valence-corrected chi connectivity index (χ1v) is 10.5. The van der Waals surface area contributed by atoms with E-state index < -0.39 is 0 Å². The van der Waals surface area contributed by atoms with Crippen molar-refractivity contribution in [2.75, 3.05) is 20.1 Å². The summed E-state index contributed by atoms with van der Waals surface area (Å²) in [4.78, 5) is 17.6. The van der Waals surface area contributed by atoms with Gasteiger partial charge in [0.2, 0.25) is 0 Å². The molecule has 7 heteroatoms. The summed E-state index contributed by atoms with van der Waals surface area (Å²) in [6.07, 6.45) is 2.43. The highest BCUT2D eigenvalue weighted by molar-refractivity contribution is 14.0. The van der Waals surface area contributed by atoms with Crippen LogP contribution in [-0.2, 0) is 6.54 Å². The van der Waals surface area contributed by atoms with Crippen molar-refractivity contribution in [2.45, 2.75) is 36.0 Å². The van der Waals surface area contributed by atoms with Gasteiger partial charge in [-0.1, -0.05) is 30.3 Å². The number of nitrogens with zero attached hydrogens (tertiary/aromatic N) is 1. The lowest BCUT2D eigenvalue weighted by Crippen LogP contribution is -2.40. The number of carbonyl (C=O) groups is 1. The first-order chi connectivity index (χ1) is 13.6. The maximum absolute atomic E-state index is 12.0. The van der Waals surface area contributed by atoms with Gasteiger partial charge in [0.1, 0.15) is 0 Å². The van der Waals surface area contributed by atoms with E-state index in [1.807, 2.05) is 43.0 Å². The molecule has 1 saturated carbocycles. The molecule has 1 aliphatic carbocycles. The normalized spacial score (nSPS) is 14.5. The number of carbonyl (C=O) groups excluding carboxylic acids is 1. The average molecular weight is 524 g/mol. The van der Waals surface area contributed by atoms with E-state index in [2.05, 4.69) is 51.3 Å². The van der Waals surface area contributed by atoms with Crippen molar-refractivity contribution in [2.24, 2.45) is 4.99 Å². The number of guanidine groups is 1. The van der Waals surface area contributed by atoms with Gasteiger partial charge in [-0.25, -0.2) is 0 Å². The highest BCUT2D eigenvalue weighted by Gasteiger charge is 2.43. The lowest BCUT2D eigenvalue weighted by Gasteiger charge is -2.18. The maximum atomic E-state index is 12.0. The van der Waals surface area contributed by atoms with Crippen molar-refractivity contribution < 1.29 is 4.79 Å². The molecule has 0 spiro atoms. The van der Waals surface area contributed by atoms with Gasteiger partial charge in [0.05, 0.1) is 0 Å². The molecule has 0 aromatic heterocycles. The Morgan fingerprint density at radius 3 is 2.48 bits per heavy atom. The minimum atomic E-state index is -0.0412. The van der Waals surface area contributed by atoms with Crippen LogP contribution < -0.4 is 16.0 Å². The van der Waals surface area contributed by atoms with Crippen LogP contribution in [0.15, 0.2) is 64.5 Å². The highest BCUT2D eigenvalue weighted by Crippen LogP contribution is 2.51. The molecule has 0 unspecified atom stereocenters. The zero-order valence-corrected chi connectivity index (χ0v) is 20.1. The fraction of sp³-hybridized carbons (Fsp3) is 0.364. The first-order valence-electron chi connectivity index (χ1n) is 9.70. The van der Waals surface area contributed by atoms with Crippen molar-refractivity contribution in [1.82, 2.24) is 16.0 Å². The van der Waals surface area contributed by atoms with Crippen molar-refractivity contribution in [1.29, 1.82) is 0 Å². The average Bonchev–Trinajstić information content (AvgIpc) is 3.49. The molecule has 156 valence electrons. The third kappa shape index (κ3) is 7.22. The number of halogens is 1. The van der Waals surface area contributed by atoms with Crippen LogP contribution >= 0.6 is 35.7 Å². The summed E-state index contributed by atoms with van der Waals surface area (Å²) in [5.74, 6) is 0.740. The molecular weight excluding hydrogens is 495 g/mol. The van der Waals surface area contributed by atoms with Gasteiger partial charge in [-0.15, -0.1) is 35.7 Å². The molecule has 3 N–H and O–H groups in total. The van der Waals surface area contributed by atoms with E-state index in [-0.39, 0.29) is 34.6 Å². The second kappa shape index (κ2) is 11.4. The summed E-state index contributed by atoms with van der Waals surface area (Å²) < 4.78 is 0.261. The van der Waals surface area contributed by atoms with Crippen LogP contribution in [0.4, 0.5) is 0 Å². The van der Waals surface area contributed by atoms with E-state index in [1.165, 1.54) is 17.7 Å². The van der Waals surface area contributed by atoms with Gasteiger partial charge in [-0.2, -0.15) is 0 Å². The standard InChI is InChI=1S/C22H28N4OS.HI/c1-3-24-20(27)18-9-7-8-17(14-18)15-25-21(23-2)26-16-22(12-13-22)28-19-10-5-4-6-11-19;/h4-11,14H,3,12-13,15-16H2,1-2H3,(H,24,27)(H2,23,25,26);1H. The fourth-order valence-corrected chi connectivity index (χ4v) is 4.17. The lowest BCUT2D eigenvalue weighted by atomic mass is 10.1. The number of aliphatic imine (C=N–C) groups is 1. The molecule has 0 heterocycles. The van der Waals surface area contributed by atoms with E-state index in [1.54, 1.807) is 7.05 Å². The van der Waals surface area contributed by atoms with Crippen molar-refractivity contribution in [3.05, 3.63) is 65.7 Å². The number of hydrogen-bond acceptors (Lipinski definition) is 3. The van der Waals surface area contributed by atoms with Gasteiger partial charge in [0.15, 0.2) is 5.96 Å². The molecule has 29 heavy (non-hydrogen) atoms. The van der Waals surface area contributed by atoms with E-state index in [9.17, 15) is 4.79 Å². The Kier molecular flexibility index (Phi) is 9.29. The smallest absolute Gasteiger partial charge is 0.251 e. The largest absolute Gasteiger partial charge is 0.355 e. The first kappa shape index (κ1) is 23.5. The predicted octanol–water partition coefficient (Wildman–Crippen LogP) is 4.04. The maximum Gasteiger partial charge on any atom is 0.251 e. The molecule has 1 aliphatic rings. The number of benzene rings is 2. The van der Waals surface area contributed by atoms with Crippen LogP contribution in [0.25, 0.3) is 0 Å². The van der Waals surface area contributed by atoms with Crippen LogP contribution in [0.1, 0.15) is 35.7 Å². The molecule has 0 bridgehead atoms. The molecule has 2 aromatic rings. The molecular formula is C22H29IN4OS. The third-order valence-corrected chi connectivity index (χ3v) is 6.17. The Morgan fingerprint density at radius 1 is 1.07 bits per heavy atom. The van der Waals surface area contributed by atoms with Gasteiger partial charge < -0.3 is 16.0 Å². The van der Waals surface area contributed by atoms with E-state index >= 15 is 0 Å². The molecule has 0 saturated heterocycles. The Labute approximate surface area is 194 Å². The number of rotatable bonds is 8. The van der Waals surface area contributed by atoms with Gasteiger partial charge in [-0.3, -0.25) is 9.79 Å². The summed E-state index contributed by atoms with van der Waals surface area (Å²) in [5, 5.41) is 9.64. The summed E-state index contributed by atoms with van der Waals surface area (Å²) in [5.41, 5.74) is 1.73. The second-order valence-electron chi connectivity index (χ2n) is 6.94. The molecule has 1 fully saturated rings. The summed E-state index contributed by atoms with van der Waals surface area (Å²) >= 11 is 1.94. The summed E-state index contributed by atoms with van der Waals surface area (Å²) in [7, 11) is 1.78. The molecule has 0 aliphatic heterocycles. The molecule has 5 nitrogen and oxygen atoms in total. The van der Waals surface area contributed by atoms with E-state index in [0.717, 1.165) is 18.1 Å². The SMILES string of the molecule is CCNC(=O)c1cccc(CNC(=NC)NCC2(Sc3ccccc3)CC2)c1.I. The number of amides is 1. The fourth-order valence-electron chi connectivity index (χ4n) is 2.93. The van der Waals surface area contributed by atoms with Crippen LogP contribution in [-0.4, -0.2) is 36.8 Å². The van der Waals surface area contributed by atoms with Gasteiger partial charge in [0.25, 0.3) is 5.91 Å². The number of thioether (sulfide) groups is 1. The van der Waals surface area contributed by atoms with Crippen molar-refractivity contribution in [3.8, 4) is 0 Å². The van der Waals surface area contributed by atoms with Crippen LogP contribution in [0.3, 0.4) is 0 Å². The summed E-state index contributed by atoms with van der Waals surface area (Å²) in [6, 6.07) is 18.2. The van der Waals surface area contributed by atoms with Crippen LogP contribution in [0.5, 0.6) is 0 Å². The quantitative estimate of drug-likeness (QED) is 0.277. The molecule has 3 rings (SSSR count). The van der Waals surface area contributed by atoms with Crippen LogP contribution in [0.2, 0.25) is 0 Å². The summed E-state index contributed by atoms with van der Waals surface area (Å²) in [6.45, 7) is 4.04. The monoisotopic (exact) mass is 524 g/mol. The Balaban J connectivity index is 0.00000300.